The maximum Gasteiger partial charge on any atom is 0.128 e. The van der Waals surface area contributed by atoms with E-state index >= 15 is 0 Å². The highest BCUT2D eigenvalue weighted by atomic mass is 19.1. The Hall–Kier alpha value is -2.10. The number of rotatable bonds is 3. The minimum atomic E-state index is -0.147. The van der Waals surface area contributed by atoms with Gasteiger partial charge in [0.15, 0.2) is 0 Å². The van der Waals surface area contributed by atoms with E-state index < -0.39 is 0 Å². The average Bonchev–Trinajstić information content (AvgIpc) is 2.53. The molecule has 3 nitrogen and oxygen atoms in total. The monoisotopic (exact) mass is 285 g/mol. The zero-order chi connectivity index (χ0) is 14.7. The Morgan fingerprint density at radius 2 is 1.95 bits per heavy atom. The molecule has 21 heavy (non-hydrogen) atoms. The molecular weight excluding hydrogens is 265 g/mol. The largest absolute Gasteiger partial charge is 0.382 e. The number of nitrogens with zero attached hydrogens (tertiary/aromatic N) is 2. The van der Waals surface area contributed by atoms with Crippen LogP contribution in [0.3, 0.4) is 0 Å². The van der Waals surface area contributed by atoms with Crippen LogP contribution in [0.5, 0.6) is 0 Å². The van der Waals surface area contributed by atoms with E-state index in [2.05, 4.69) is 15.2 Å². The molecule has 0 spiro atoms. The maximum absolute atomic E-state index is 13.6. The van der Waals surface area contributed by atoms with Crippen LogP contribution in [-0.4, -0.2) is 24.1 Å². The smallest absolute Gasteiger partial charge is 0.128 e. The summed E-state index contributed by atoms with van der Waals surface area (Å²) in [7, 11) is 0. The summed E-state index contributed by atoms with van der Waals surface area (Å²) < 4.78 is 13.6. The highest BCUT2D eigenvalue weighted by Crippen LogP contribution is 2.23. The highest BCUT2D eigenvalue weighted by Gasteiger charge is 2.20. The third kappa shape index (κ3) is 3.15. The number of hydrogen-bond acceptors (Lipinski definition) is 3. The molecule has 2 aromatic rings. The van der Waals surface area contributed by atoms with E-state index in [1.54, 1.807) is 6.07 Å². The lowest BCUT2D eigenvalue weighted by Crippen LogP contribution is -2.39. The molecule has 1 aliphatic heterocycles. The van der Waals surface area contributed by atoms with Crippen molar-refractivity contribution < 1.29 is 4.39 Å². The van der Waals surface area contributed by atoms with Gasteiger partial charge in [-0.1, -0.05) is 12.1 Å². The number of nitrogens with one attached hydrogen (secondary N) is 1. The van der Waals surface area contributed by atoms with E-state index in [0.717, 1.165) is 37.4 Å². The van der Waals surface area contributed by atoms with Gasteiger partial charge in [0.05, 0.1) is 0 Å². The predicted octanol–water partition coefficient (Wildman–Crippen LogP) is 3.61. The Balaban J connectivity index is 1.60. The molecule has 1 N–H and O–H groups in total. The van der Waals surface area contributed by atoms with Gasteiger partial charge < -0.3 is 10.2 Å². The van der Waals surface area contributed by atoms with Crippen molar-refractivity contribution in [3.8, 4) is 0 Å². The van der Waals surface area contributed by atoms with Crippen molar-refractivity contribution in [2.24, 2.45) is 0 Å². The van der Waals surface area contributed by atoms with Crippen molar-refractivity contribution in [2.75, 3.05) is 23.3 Å². The molecule has 2 heterocycles. The van der Waals surface area contributed by atoms with Crippen molar-refractivity contribution in [2.45, 2.75) is 25.8 Å². The first kappa shape index (κ1) is 13.9. The second-order valence-electron chi connectivity index (χ2n) is 5.51. The summed E-state index contributed by atoms with van der Waals surface area (Å²) in [6.07, 6.45) is 3.90. The lowest BCUT2D eigenvalue weighted by Gasteiger charge is -2.33. The van der Waals surface area contributed by atoms with Gasteiger partial charge >= 0.3 is 0 Å². The van der Waals surface area contributed by atoms with Crippen LogP contribution in [0.15, 0.2) is 42.6 Å². The van der Waals surface area contributed by atoms with Crippen LogP contribution < -0.4 is 10.2 Å². The summed E-state index contributed by atoms with van der Waals surface area (Å²) in [6, 6.07) is 11.6. The highest BCUT2D eigenvalue weighted by molar-refractivity contribution is 5.52. The molecule has 110 valence electrons. The SMILES string of the molecule is Cc1c(F)cccc1NC1CCN(c2ccccn2)CC1. The van der Waals surface area contributed by atoms with E-state index in [0.29, 0.717) is 11.6 Å². The lowest BCUT2D eigenvalue weighted by atomic mass is 10.0. The van der Waals surface area contributed by atoms with Crippen molar-refractivity contribution in [1.29, 1.82) is 0 Å². The lowest BCUT2D eigenvalue weighted by molar-refractivity contribution is 0.522. The fraction of sp³-hybridized carbons (Fsp3) is 0.353. The van der Waals surface area contributed by atoms with Crippen LogP contribution in [-0.2, 0) is 0 Å². The van der Waals surface area contributed by atoms with Crippen molar-refractivity contribution in [3.05, 3.63) is 54.0 Å². The summed E-state index contributed by atoms with van der Waals surface area (Å²) in [6.45, 7) is 3.77. The summed E-state index contributed by atoms with van der Waals surface area (Å²) in [4.78, 5) is 6.70. The number of pyridine rings is 1. The first-order chi connectivity index (χ1) is 10.2. The third-order valence-electron chi connectivity index (χ3n) is 4.10. The summed E-state index contributed by atoms with van der Waals surface area (Å²) in [5.41, 5.74) is 1.61. The first-order valence-corrected chi connectivity index (χ1v) is 7.41. The first-order valence-electron chi connectivity index (χ1n) is 7.41. The number of piperidine rings is 1. The Morgan fingerprint density at radius 1 is 1.14 bits per heavy atom. The van der Waals surface area contributed by atoms with Crippen molar-refractivity contribution in [1.82, 2.24) is 4.98 Å². The van der Waals surface area contributed by atoms with E-state index in [1.807, 2.05) is 37.4 Å². The number of benzene rings is 1. The van der Waals surface area contributed by atoms with E-state index in [1.165, 1.54) is 6.07 Å². The number of anilines is 2. The van der Waals surface area contributed by atoms with Gasteiger partial charge in [0.25, 0.3) is 0 Å². The molecule has 0 radical (unpaired) electrons. The zero-order valence-corrected chi connectivity index (χ0v) is 12.2. The Morgan fingerprint density at radius 3 is 2.67 bits per heavy atom. The second kappa shape index (κ2) is 6.12. The van der Waals surface area contributed by atoms with Crippen LogP contribution in [0.2, 0.25) is 0 Å². The van der Waals surface area contributed by atoms with Gasteiger partial charge in [0, 0.05) is 36.6 Å². The van der Waals surface area contributed by atoms with Crippen molar-refractivity contribution >= 4 is 11.5 Å². The number of halogens is 1. The molecule has 0 aliphatic carbocycles. The van der Waals surface area contributed by atoms with Crippen LogP contribution in [0.1, 0.15) is 18.4 Å². The quantitative estimate of drug-likeness (QED) is 0.933. The molecule has 1 aliphatic rings. The van der Waals surface area contributed by atoms with Gasteiger partial charge in [0.1, 0.15) is 11.6 Å². The van der Waals surface area contributed by atoms with Gasteiger partial charge in [-0.25, -0.2) is 9.37 Å². The van der Waals surface area contributed by atoms with Crippen LogP contribution in [0.25, 0.3) is 0 Å². The molecule has 0 saturated carbocycles. The summed E-state index contributed by atoms with van der Waals surface area (Å²) >= 11 is 0. The molecule has 1 aromatic carbocycles. The molecule has 0 unspecified atom stereocenters. The van der Waals surface area contributed by atoms with Gasteiger partial charge in [-0.05, 0) is 44.0 Å². The fourth-order valence-corrected chi connectivity index (χ4v) is 2.78. The van der Waals surface area contributed by atoms with E-state index in [9.17, 15) is 4.39 Å². The molecule has 4 heteroatoms. The Kier molecular flexibility index (Phi) is 4.04. The summed E-state index contributed by atoms with van der Waals surface area (Å²) in [5, 5.41) is 3.47. The van der Waals surface area contributed by atoms with E-state index in [4.69, 9.17) is 0 Å². The predicted molar refractivity (Wildman–Crippen MR) is 84.2 cm³/mol. The molecule has 1 fully saturated rings. The topological polar surface area (TPSA) is 28.2 Å². The van der Waals surface area contributed by atoms with Gasteiger partial charge in [-0.2, -0.15) is 0 Å². The van der Waals surface area contributed by atoms with Crippen LogP contribution >= 0.6 is 0 Å². The molecule has 0 atom stereocenters. The molecule has 3 rings (SSSR count). The molecule has 1 aromatic heterocycles. The molecule has 0 amide bonds. The average molecular weight is 285 g/mol. The fourth-order valence-electron chi connectivity index (χ4n) is 2.78. The minimum absolute atomic E-state index is 0.147. The molecule has 0 bridgehead atoms. The Labute approximate surface area is 124 Å². The van der Waals surface area contributed by atoms with Gasteiger partial charge in [-0.3, -0.25) is 0 Å². The van der Waals surface area contributed by atoms with Gasteiger partial charge in [-0.15, -0.1) is 0 Å². The molecular formula is C17H20FN3. The number of aromatic nitrogens is 1. The third-order valence-corrected chi connectivity index (χ3v) is 4.10. The minimum Gasteiger partial charge on any atom is -0.382 e. The zero-order valence-electron chi connectivity index (χ0n) is 12.2. The van der Waals surface area contributed by atoms with Crippen molar-refractivity contribution in [3.63, 3.8) is 0 Å². The standard InChI is InChI=1S/C17H20FN3/c1-13-15(18)5-4-6-16(13)20-14-8-11-21(12-9-14)17-7-2-3-10-19-17/h2-7,10,14,20H,8-9,11-12H2,1H3. The second-order valence-corrected chi connectivity index (χ2v) is 5.51. The number of hydrogen-bond donors (Lipinski definition) is 1. The summed E-state index contributed by atoms with van der Waals surface area (Å²) in [5.74, 6) is 0.892. The Bertz CT molecular complexity index is 592. The maximum atomic E-state index is 13.6. The molecule has 1 saturated heterocycles. The normalized spacial score (nSPS) is 16.0. The van der Waals surface area contributed by atoms with Crippen LogP contribution in [0.4, 0.5) is 15.9 Å². The van der Waals surface area contributed by atoms with Crippen LogP contribution in [0, 0.1) is 12.7 Å². The van der Waals surface area contributed by atoms with Gasteiger partial charge in [0.2, 0.25) is 0 Å². The van der Waals surface area contributed by atoms with E-state index in [-0.39, 0.29) is 5.82 Å².